The summed E-state index contributed by atoms with van der Waals surface area (Å²) in [4.78, 5) is 27.8. The van der Waals surface area contributed by atoms with Crippen molar-refractivity contribution < 1.29 is 18.0 Å². The summed E-state index contributed by atoms with van der Waals surface area (Å²) in [5.74, 6) is -0.730. The highest BCUT2D eigenvalue weighted by Crippen LogP contribution is 2.27. The first-order valence-electron chi connectivity index (χ1n) is 11.1. The number of halogens is 2. The SMILES string of the molecule is CC(C)CNC(=O)[C@@H](C)N(Cc1c(Cl)cccc1Cl)C(=O)CN(c1ccccc1)S(=O)(=O)N(C)C. The molecule has 0 bridgehead atoms. The maximum Gasteiger partial charge on any atom is 0.304 e. The molecule has 0 aromatic heterocycles. The Balaban J connectivity index is 2.46. The number of hydrogen-bond acceptors (Lipinski definition) is 4. The van der Waals surface area contributed by atoms with E-state index < -0.39 is 28.7 Å². The van der Waals surface area contributed by atoms with Gasteiger partial charge in [-0.3, -0.25) is 9.59 Å². The molecule has 11 heteroatoms. The van der Waals surface area contributed by atoms with Crippen molar-refractivity contribution in [2.45, 2.75) is 33.4 Å². The Bertz CT molecular complexity index is 1110. The fraction of sp³-hybridized carbons (Fsp3) is 0.417. The van der Waals surface area contributed by atoms with Gasteiger partial charge < -0.3 is 10.2 Å². The predicted molar refractivity (Wildman–Crippen MR) is 141 cm³/mol. The Labute approximate surface area is 218 Å². The Kier molecular flexibility index (Phi) is 10.4. The van der Waals surface area contributed by atoms with Gasteiger partial charge in [-0.2, -0.15) is 12.7 Å². The molecular formula is C24H32Cl2N4O4S. The van der Waals surface area contributed by atoms with Crippen molar-refractivity contribution in [3.63, 3.8) is 0 Å². The lowest BCUT2D eigenvalue weighted by molar-refractivity contribution is -0.139. The summed E-state index contributed by atoms with van der Waals surface area (Å²) in [7, 11) is -1.23. The molecule has 1 atom stereocenters. The van der Waals surface area contributed by atoms with Crippen LogP contribution in [0.25, 0.3) is 0 Å². The highest BCUT2D eigenvalue weighted by Gasteiger charge is 2.33. The van der Waals surface area contributed by atoms with E-state index in [1.165, 1.54) is 19.0 Å². The molecule has 0 saturated heterocycles. The van der Waals surface area contributed by atoms with Crippen molar-refractivity contribution in [3.05, 3.63) is 64.1 Å². The maximum atomic E-state index is 13.6. The minimum Gasteiger partial charge on any atom is -0.354 e. The van der Waals surface area contributed by atoms with Gasteiger partial charge in [-0.1, -0.05) is 61.3 Å². The summed E-state index contributed by atoms with van der Waals surface area (Å²) < 4.78 is 28.2. The van der Waals surface area contributed by atoms with Crippen LogP contribution in [0, 0.1) is 5.92 Å². The predicted octanol–water partition coefficient (Wildman–Crippen LogP) is 3.80. The van der Waals surface area contributed by atoms with Gasteiger partial charge in [-0.15, -0.1) is 0 Å². The highest BCUT2D eigenvalue weighted by atomic mass is 35.5. The normalized spacial score (nSPS) is 12.5. The number of para-hydroxylation sites is 1. The molecule has 0 aliphatic rings. The molecule has 2 amide bonds. The van der Waals surface area contributed by atoms with Gasteiger partial charge in [-0.25, -0.2) is 4.31 Å². The van der Waals surface area contributed by atoms with Crippen LogP contribution in [-0.4, -0.2) is 62.7 Å². The molecular weight excluding hydrogens is 511 g/mol. The topological polar surface area (TPSA) is 90.0 Å². The van der Waals surface area contributed by atoms with Gasteiger partial charge in [0.2, 0.25) is 11.8 Å². The third-order valence-electron chi connectivity index (χ3n) is 5.30. The Morgan fingerprint density at radius 1 is 0.943 bits per heavy atom. The summed E-state index contributed by atoms with van der Waals surface area (Å²) in [6.45, 7) is 5.35. The van der Waals surface area contributed by atoms with Gasteiger partial charge in [0.15, 0.2) is 0 Å². The number of hydrogen-bond donors (Lipinski definition) is 1. The fourth-order valence-corrected chi connectivity index (χ4v) is 4.77. The van der Waals surface area contributed by atoms with E-state index in [2.05, 4.69) is 5.32 Å². The summed E-state index contributed by atoms with van der Waals surface area (Å²) >= 11 is 12.7. The maximum absolute atomic E-state index is 13.6. The van der Waals surface area contributed by atoms with E-state index >= 15 is 0 Å². The smallest absolute Gasteiger partial charge is 0.304 e. The van der Waals surface area contributed by atoms with Crippen molar-refractivity contribution in [3.8, 4) is 0 Å². The van der Waals surface area contributed by atoms with Gasteiger partial charge in [0.25, 0.3) is 0 Å². The molecule has 0 heterocycles. The summed E-state index contributed by atoms with van der Waals surface area (Å²) in [5.41, 5.74) is 0.789. The van der Waals surface area contributed by atoms with E-state index in [4.69, 9.17) is 23.2 Å². The number of carbonyl (C=O) groups excluding carboxylic acids is 2. The van der Waals surface area contributed by atoms with Crippen molar-refractivity contribution in [1.29, 1.82) is 0 Å². The number of anilines is 1. The quantitative estimate of drug-likeness (QED) is 0.467. The van der Waals surface area contributed by atoms with Crippen LogP contribution >= 0.6 is 23.2 Å². The number of amides is 2. The average Bonchev–Trinajstić information content (AvgIpc) is 2.80. The first-order valence-corrected chi connectivity index (χ1v) is 13.3. The third kappa shape index (κ3) is 7.57. The highest BCUT2D eigenvalue weighted by molar-refractivity contribution is 7.90. The van der Waals surface area contributed by atoms with Gasteiger partial charge in [-0.05, 0) is 37.1 Å². The van der Waals surface area contributed by atoms with Crippen LogP contribution in [0.15, 0.2) is 48.5 Å². The number of nitrogens with zero attached hydrogens (tertiary/aromatic N) is 3. The zero-order valence-corrected chi connectivity index (χ0v) is 22.9. The molecule has 0 radical (unpaired) electrons. The minimum atomic E-state index is -4.01. The molecule has 0 fully saturated rings. The Hall–Kier alpha value is -2.33. The number of nitrogens with one attached hydrogen (secondary N) is 1. The first-order chi connectivity index (χ1) is 16.4. The van der Waals surface area contributed by atoms with Crippen LogP contribution in [-0.2, 0) is 26.3 Å². The molecule has 2 aromatic carbocycles. The lowest BCUT2D eigenvalue weighted by atomic mass is 10.1. The fourth-order valence-electron chi connectivity index (χ4n) is 3.20. The summed E-state index contributed by atoms with van der Waals surface area (Å²) in [5, 5.41) is 3.50. The van der Waals surface area contributed by atoms with Crippen molar-refractivity contribution in [2.24, 2.45) is 5.92 Å². The molecule has 8 nitrogen and oxygen atoms in total. The van der Waals surface area contributed by atoms with Crippen LogP contribution in [0.1, 0.15) is 26.3 Å². The van der Waals surface area contributed by atoms with E-state index in [9.17, 15) is 18.0 Å². The molecule has 0 unspecified atom stereocenters. The van der Waals surface area contributed by atoms with Gasteiger partial charge in [0.1, 0.15) is 12.6 Å². The second kappa shape index (κ2) is 12.6. The van der Waals surface area contributed by atoms with Crippen LogP contribution < -0.4 is 9.62 Å². The van der Waals surface area contributed by atoms with Gasteiger partial charge >= 0.3 is 10.2 Å². The molecule has 192 valence electrons. The first kappa shape index (κ1) is 28.9. The monoisotopic (exact) mass is 542 g/mol. The zero-order valence-electron chi connectivity index (χ0n) is 20.5. The lowest BCUT2D eigenvalue weighted by Crippen LogP contribution is -2.52. The molecule has 0 spiro atoms. The number of carbonyl (C=O) groups is 2. The molecule has 2 aromatic rings. The van der Waals surface area contributed by atoms with E-state index in [1.54, 1.807) is 55.5 Å². The van der Waals surface area contributed by atoms with Crippen molar-refractivity contribution >= 4 is 50.9 Å². The average molecular weight is 544 g/mol. The second-order valence-electron chi connectivity index (χ2n) is 8.67. The molecule has 2 rings (SSSR count). The Morgan fingerprint density at radius 3 is 2.03 bits per heavy atom. The van der Waals surface area contributed by atoms with E-state index in [-0.39, 0.29) is 18.4 Å². The largest absolute Gasteiger partial charge is 0.354 e. The number of rotatable bonds is 11. The molecule has 1 N–H and O–H groups in total. The van der Waals surface area contributed by atoms with Crippen molar-refractivity contribution in [1.82, 2.24) is 14.5 Å². The van der Waals surface area contributed by atoms with Gasteiger partial charge in [0, 0.05) is 42.8 Å². The molecule has 0 aliphatic carbocycles. The lowest BCUT2D eigenvalue weighted by Gasteiger charge is -2.33. The summed E-state index contributed by atoms with van der Waals surface area (Å²) in [6.07, 6.45) is 0. The Morgan fingerprint density at radius 2 is 1.51 bits per heavy atom. The zero-order chi connectivity index (χ0) is 26.3. The van der Waals surface area contributed by atoms with Gasteiger partial charge in [0.05, 0.1) is 5.69 Å². The van der Waals surface area contributed by atoms with Crippen molar-refractivity contribution in [2.75, 3.05) is 31.5 Å². The van der Waals surface area contributed by atoms with Crippen LogP contribution in [0.5, 0.6) is 0 Å². The van der Waals surface area contributed by atoms with Crippen LogP contribution in [0.2, 0.25) is 10.0 Å². The van der Waals surface area contributed by atoms with E-state index in [1.807, 2.05) is 13.8 Å². The third-order valence-corrected chi connectivity index (χ3v) is 7.83. The van der Waals surface area contributed by atoms with Crippen LogP contribution in [0.4, 0.5) is 5.69 Å². The molecule has 35 heavy (non-hydrogen) atoms. The number of benzene rings is 2. The molecule has 0 aliphatic heterocycles. The summed E-state index contributed by atoms with van der Waals surface area (Å²) in [6, 6.07) is 12.4. The second-order valence-corrected chi connectivity index (χ2v) is 11.6. The van der Waals surface area contributed by atoms with E-state index in [0.29, 0.717) is 27.8 Å². The standard InChI is InChI=1S/C24H32Cl2N4O4S/c1-17(2)14-27-24(32)18(3)29(15-20-21(25)12-9-13-22(20)26)23(31)16-30(35(33,34)28(4)5)19-10-7-6-8-11-19/h6-13,17-18H,14-16H2,1-5H3,(H,27,32)/t18-/m1/s1. The van der Waals surface area contributed by atoms with Crippen LogP contribution in [0.3, 0.4) is 0 Å². The molecule has 0 saturated carbocycles. The van der Waals surface area contributed by atoms with E-state index in [0.717, 1.165) is 8.61 Å². The minimum absolute atomic E-state index is 0.0712.